The van der Waals surface area contributed by atoms with Gasteiger partial charge in [-0.3, -0.25) is 14.2 Å². The van der Waals surface area contributed by atoms with Gasteiger partial charge in [0.15, 0.2) is 11.5 Å². The van der Waals surface area contributed by atoms with E-state index in [1.807, 2.05) is 6.07 Å². The lowest BCUT2D eigenvalue weighted by Gasteiger charge is -2.17. The monoisotopic (exact) mass is 396 g/mol. The Kier molecular flexibility index (Phi) is 4.41. The number of hydrogen-bond donors (Lipinski definition) is 1. The first-order valence-corrected chi connectivity index (χ1v) is 8.98. The van der Waals surface area contributed by atoms with E-state index >= 15 is 0 Å². The van der Waals surface area contributed by atoms with Crippen molar-refractivity contribution < 1.29 is 24.1 Å². The standard InChI is InChI=1S/C21H20N2O6/c1-27-14-7-5-12(18(28-2)19(14)29-3)4-6-13-10-17(24)23-15-11-21(15,20(25)26)9-8-16(23)22-13/h4-10,15H,11H2,1-3H3,(H,25,26)/b6-4+. The molecule has 1 aliphatic heterocycles. The lowest BCUT2D eigenvalue weighted by atomic mass is 10.0. The molecule has 150 valence electrons. The zero-order valence-electron chi connectivity index (χ0n) is 16.2. The van der Waals surface area contributed by atoms with Crippen LogP contribution in [0.2, 0.25) is 0 Å². The van der Waals surface area contributed by atoms with Crippen LogP contribution < -0.4 is 19.8 Å². The van der Waals surface area contributed by atoms with Gasteiger partial charge in [0.05, 0.1) is 33.1 Å². The van der Waals surface area contributed by atoms with E-state index in [2.05, 4.69) is 4.98 Å². The van der Waals surface area contributed by atoms with Gasteiger partial charge >= 0.3 is 5.97 Å². The van der Waals surface area contributed by atoms with Gasteiger partial charge in [0.2, 0.25) is 5.75 Å². The van der Waals surface area contributed by atoms with Crippen LogP contribution in [0.3, 0.4) is 0 Å². The molecule has 2 aromatic rings. The molecule has 0 radical (unpaired) electrons. The van der Waals surface area contributed by atoms with Crippen LogP contribution in [0.25, 0.3) is 18.2 Å². The Balaban J connectivity index is 1.69. The normalized spacial score (nSPS) is 21.4. The highest BCUT2D eigenvalue weighted by molar-refractivity contribution is 5.84. The van der Waals surface area contributed by atoms with Crippen LogP contribution in [-0.4, -0.2) is 42.0 Å². The van der Waals surface area contributed by atoms with Crippen molar-refractivity contribution in [2.45, 2.75) is 12.5 Å². The van der Waals surface area contributed by atoms with E-state index in [1.54, 1.807) is 37.5 Å². The molecule has 29 heavy (non-hydrogen) atoms. The topological polar surface area (TPSA) is 99.9 Å². The van der Waals surface area contributed by atoms with E-state index in [0.29, 0.717) is 35.2 Å². The summed E-state index contributed by atoms with van der Waals surface area (Å²) in [5.41, 5.74) is -0.0481. The van der Waals surface area contributed by atoms with Gasteiger partial charge in [-0.2, -0.15) is 0 Å². The van der Waals surface area contributed by atoms with Crippen molar-refractivity contribution in [1.29, 1.82) is 0 Å². The van der Waals surface area contributed by atoms with Crippen LogP contribution in [0.5, 0.6) is 17.2 Å². The van der Waals surface area contributed by atoms with Gasteiger partial charge in [-0.1, -0.05) is 6.08 Å². The maximum absolute atomic E-state index is 12.6. The third-order valence-electron chi connectivity index (χ3n) is 5.37. The van der Waals surface area contributed by atoms with Crippen LogP contribution in [-0.2, 0) is 4.79 Å². The summed E-state index contributed by atoms with van der Waals surface area (Å²) < 4.78 is 17.6. The Morgan fingerprint density at radius 3 is 2.62 bits per heavy atom. The molecule has 1 aliphatic carbocycles. The number of carboxylic acids is 1. The number of carbonyl (C=O) groups is 1. The Morgan fingerprint density at radius 1 is 1.21 bits per heavy atom. The highest BCUT2D eigenvalue weighted by Gasteiger charge is 2.62. The zero-order chi connectivity index (χ0) is 20.8. The Bertz CT molecular complexity index is 1120. The van der Waals surface area contributed by atoms with Crippen molar-refractivity contribution in [1.82, 2.24) is 9.55 Å². The molecule has 2 aliphatic rings. The maximum atomic E-state index is 12.6. The molecule has 8 heteroatoms. The predicted molar refractivity (Wildman–Crippen MR) is 106 cm³/mol. The summed E-state index contributed by atoms with van der Waals surface area (Å²) in [6, 6.07) is 4.60. The summed E-state index contributed by atoms with van der Waals surface area (Å²) in [6.45, 7) is 0. The van der Waals surface area contributed by atoms with Crippen molar-refractivity contribution in [3.63, 3.8) is 0 Å². The molecule has 0 saturated heterocycles. The molecule has 8 nitrogen and oxygen atoms in total. The van der Waals surface area contributed by atoms with E-state index in [0.717, 1.165) is 5.56 Å². The molecule has 2 atom stereocenters. The first-order valence-electron chi connectivity index (χ1n) is 8.98. The summed E-state index contributed by atoms with van der Waals surface area (Å²) in [5.74, 6) is 1.05. The Morgan fingerprint density at radius 2 is 1.97 bits per heavy atom. The SMILES string of the molecule is COc1ccc(/C=C/c2cc(=O)n3c(n2)C=CC2(C(=O)O)CC32)c(OC)c1OC. The first-order chi connectivity index (χ1) is 13.9. The fourth-order valence-electron chi connectivity index (χ4n) is 3.76. The Labute approximate surface area is 166 Å². The average Bonchev–Trinajstić information content (AvgIpc) is 3.47. The van der Waals surface area contributed by atoms with Crippen molar-refractivity contribution >= 4 is 24.2 Å². The minimum Gasteiger partial charge on any atom is -0.493 e. The number of aliphatic carboxylic acids is 1. The van der Waals surface area contributed by atoms with E-state index in [1.165, 1.54) is 24.9 Å². The molecule has 1 saturated carbocycles. The highest BCUT2D eigenvalue weighted by atomic mass is 16.5. The second-order valence-corrected chi connectivity index (χ2v) is 6.90. The smallest absolute Gasteiger partial charge is 0.315 e. The van der Waals surface area contributed by atoms with Crippen molar-refractivity contribution in [2.24, 2.45) is 5.41 Å². The number of methoxy groups -OCH3 is 3. The first kappa shape index (κ1) is 18.8. The van der Waals surface area contributed by atoms with Gasteiger partial charge in [-0.05, 0) is 36.8 Å². The highest BCUT2D eigenvalue weighted by Crippen LogP contribution is 2.59. The van der Waals surface area contributed by atoms with E-state index in [-0.39, 0.29) is 11.6 Å². The van der Waals surface area contributed by atoms with Crippen LogP contribution in [0.4, 0.5) is 0 Å². The molecule has 1 N–H and O–H groups in total. The second kappa shape index (κ2) is 6.80. The van der Waals surface area contributed by atoms with Gasteiger partial charge in [-0.15, -0.1) is 0 Å². The number of hydrogen-bond acceptors (Lipinski definition) is 6. The maximum Gasteiger partial charge on any atom is 0.315 e. The summed E-state index contributed by atoms with van der Waals surface area (Å²) >= 11 is 0. The van der Waals surface area contributed by atoms with Crippen molar-refractivity contribution in [3.8, 4) is 17.2 Å². The summed E-state index contributed by atoms with van der Waals surface area (Å²) in [4.78, 5) is 28.6. The third kappa shape index (κ3) is 2.88. The van der Waals surface area contributed by atoms with Gasteiger partial charge in [0, 0.05) is 11.6 Å². The average molecular weight is 396 g/mol. The summed E-state index contributed by atoms with van der Waals surface area (Å²) in [6.07, 6.45) is 7.11. The fourth-order valence-corrected chi connectivity index (χ4v) is 3.76. The molecule has 2 heterocycles. The molecule has 1 aromatic carbocycles. The van der Waals surface area contributed by atoms with Gasteiger partial charge in [0.1, 0.15) is 11.2 Å². The number of ether oxygens (including phenoxy) is 3. The predicted octanol–water partition coefficient (Wildman–Crippen LogP) is 2.48. The summed E-state index contributed by atoms with van der Waals surface area (Å²) in [7, 11) is 4.61. The largest absolute Gasteiger partial charge is 0.493 e. The second-order valence-electron chi connectivity index (χ2n) is 6.90. The molecular formula is C21H20N2O6. The number of rotatable bonds is 6. The molecule has 1 fully saturated rings. The van der Waals surface area contributed by atoms with Crippen LogP contribution >= 0.6 is 0 Å². The van der Waals surface area contributed by atoms with E-state index in [4.69, 9.17) is 14.2 Å². The van der Waals surface area contributed by atoms with Gasteiger partial charge in [0.25, 0.3) is 5.56 Å². The van der Waals surface area contributed by atoms with Gasteiger partial charge < -0.3 is 19.3 Å². The lowest BCUT2D eigenvalue weighted by molar-refractivity contribution is -0.141. The summed E-state index contributed by atoms with van der Waals surface area (Å²) in [5, 5.41) is 9.42. The lowest BCUT2D eigenvalue weighted by Crippen LogP contribution is -2.29. The molecular weight excluding hydrogens is 376 g/mol. The number of fused-ring (bicyclic) bond motifs is 3. The van der Waals surface area contributed by atoms with Crippen LogP contribution in [0, 0.1) is 5.41 Å². The Hall–Kier alpha value is -3.55. The van der Waals surface area contributed by atoms with Gasteiger partial charge in [-0.25, -0.2) is 4.98 Å². The van der Waals surface area contributed by atoms with E-state index in [9.17, 15) is 14.7 Å². The molecule has 0 amide bonds. The number of nitrogens with zero attached hydrogens (tertiary/aromatic N) is 2. The molecule has 0 spiro atoms. The molecule has 2 unspecified atom stereocenters. The minimum absolute atomic E-state index is 0.272. The number of carboxylic acid groups (broad SMARTS) is 1. The van der Waals surface area contributed by atoms with Crippen molar-refractivity contribution in [2.75, 3.05) is 21.3 Å². The van der Waals surface area contributed by atoms with Crippen LogP contribution in [0.1, 0.15) is 29.5 Å². The molecule has 1 aromatic heterocycles. The van der Waals surface area contributed by atoms with Crippen molar-refractivity contribution in [3.05, 3.63) is 51.7 Å². The molecule has 4 rings (SSSR count). The van der Waals surface area contributed by atoms with E-state index < -0.39 is 11.4 Å². The third-order valence-corrected chi connectivity index (χ3v) is 5.37. The van der Waals surface area contributed by atoms with Crippen LogP contribution in [0.15, 0.2) is 29.1 Å². The fraction of sp³-hybridized carbons (Fsp3) is 0.286. The number of aromatic nitrogens is 2. The minimum atomic E-state index is -0.969. The number of benzene rings is 1. The molecule has 0 bridgehead atoms. The quantitative estimate of drug-likeness (QED) is 0.801. The zero-order valence-corrected chi connectivity index (χ0v) is 16.2.